The maximum Gasteiger partial charge on any atom is 0.186 e. The van der Waals surface area contributed by atoms with Crippen LogP contribution in [0.3, 0.4) is 0 Å². The van der Waals surface area contributed by atoms with E-state index in [4.69, 9.17) is 0 Å². The number of rotatable bonds is 7. The van der Waals surface area contributed by atoms with Crippen LogP contribution in [0.2, 0.25) is 0 Å². The minimum absolute atomic E-state index is 0.0784. The highest BCUT2D eigenvalue weighted by Crippen LogP contribution is 2.50. The Hall–Kier alpha value is -4.08. The number of hydrogen-bond donors (Lipinski definition) is 2. The predicted molar refractivity (Wildman–Crippen MR) is 156 cm³/mol. The Balaban J connectivity index is 1.58. The molecule has 4 aromatic carbocycles. The molecule has 2 nitrogen and oxygen atoms in total. The van der Waals surface area contributed by atoms with Crippen LogP contribution >= 0.6 is 0 Å². The first-order valence-electron chi connectivity index (χ1n) is 14.2. The maximum atomic E-state index is 15.3. The molecule has 5 rings (SSSR count). The Labute approximate surface area is 250 Å². The zero-order valence-electron chi connectivity index (χ0n) is 24.8. The van der Waals surface area contributed by atoms with Gasteiger partial charge in [-0.1, -0.05) is 52.0 Å². The molecule has 1 unspecified atom stereocenters. The van der Waals surface area contributed by atoms with Gasteiger partial charge in [0.2, 0.25) is 0 Å². The smallest absolute Gasteiger partial charge is 0.186 e. The molecule has 0 saturated carbocycles. The summed E-state index contributed by atoms with van der Waals surface area (Å²) in [7, 11) is 0. The molecule has 1 aliphatic carbocycles. The van der Waals surface area contributed by atoms with Gasteiger partial charge in [0.05, 0.1) is 11.1 Å². The van der Waals surface area contributed by atoms with Crippen LogP contribution in [0.5, 0.6) is 0 Å². The fourth-order valence-corrected chi connectivity index (χ4v) is 5.75. The Bertz CT molecular complexity index is 1750. The van der Waals surface area contributed by atoms with E-state index in [9.17, 15) is 17.6 Å². The first kappa shape index (κ1) is 31.3. The number of halogens is 8. The van der Waals surface area contributed by atoms with Crippen molar-refractivity contribution in [2.45, 2.75) is 65.3 Å². The van der Waals surface area contributed by atoms with E-state index in [0.29, 0.717) is 5.92 Å². The minimum Gasteiger partial charge on any atom is -0.378 e. The third-order valence-electron chi connectivity index (χ3n) is 8.36. The summed E-state index contributed by atoms with van der Waals surface area (Å²) in [6.07, 6.45) is 0.951. The molecule has 10 heteroatoms. The zero-order chi connectivity index (χ0) is 32.4. The van der Waals surface area contributed by atoms with Crippen LogP contribution in [0.1, 0.15) is 70.6 Å². The summed E-state index contributed by atoms with van der Waals surface area (Å²) in [6.45, 7) is 11.0. The second-order valence-electron chi connectivity index (χ2n) is 11.9. The molecule has 0 amide bonds. The molecule has 0 bridgehead atoms. The van der Waals surface area contributed by atoms with Gasteiger partial charge in [-0.15, -0.1) is 0 Å². The Morgan fingerprint density at radius 1 is 0.614 bits per heavy atom. The Morgan fingerprint density at radius 3 is 1.55 bits per heavy atom. The molecule has 0 fully saturated rings. The van der Waals surface area contributed by atoms with E-state index in [-0.39, 0.29) is 5.69 Å². The third kappa shape index (κ3) is 4.79. The van der Waals surface area contributed by atoms with E-state index < -0.39 is 80.5 Å². The predicted octanol–water partition coefficient (Wildman–Crippen LogP) is 10.9. The van der Waals surface area contributed by atoms with Crippen LogP contribution < -0.4 is 10.6 Å². The average molecular weight is 619 g/mol. The van der Waals surface area contributed by atoms with E-state index in [1.165, 1.54) is 25.5 Å². The summed E-state index contributed by atoms with van der Waals surface area (Å²) >= 11 is 0. The molecule has 0 spiro atoms. The van der Waals surface area contributed by atoms with Crippen molar-refractivity contribution < 1.29 is 35.1 Å². The van der Waals surface area contributed by atoms with E-state index in [1.54, 1.807) is 12.1 Å². The molecule has 0 aliphatic heterocycles. The monoisotopic (exact) mass is 618 g/mol. The quantitative estimate of drug-likeness (QED) is 0.159. The van der Waals surface area contributed by atoms with Crippen molar-refractivity contribution in [3.63, 3.8) is 0 Å². The van der Waals surface area contributed by atoms with E-state index >= 15 is 17.6 Å². The first-order valence-corrected chi connectivity index (χ1v) is 14.2. The summed E-state index contributed by atoms with van der Waals surface area (Å²) in [5.41, 5.74) is -1.91. The van der Waals surface area contributed by atoms with Gasteiger partial charge in [-0.3, -0.25) is 0 Å². The van der Waals surface area contributed by atoms with Crippen LogP contribution in [0.4, 0.5) is 52.2 Å². The van der Waals surface area contributed by atoms with Gasteiger partial charge in [-0.25, -0.2) is 35.1 Å². The normalized spacial score (nSPS) is 14.1. The van der Waals surface area contributed by atoms with Gasteiger partial charge in [0.25, 0.3) is 0 Å². The van der Waals surface area contributed by atoms with Crippen LogP contribution in [0, 0.1) is 46.5 Å². The summed E-state index contributed by atoms with van der Waals surface area (Å²) in [6, 6.07) is 10.3. The fourth-order valence-electron chi connectivity index (χ4n) is 5.75. The van der Waals surface area contributed by atoms with Gasteiger partial charge in [0.15, 0.2) is 46.5 Å². The number of fused-ring (bicyclic) bond motifs is 3. The first-order chi connectivity index (χ1) is 20.6. The molecule has 2 N–H and O–H groups in total. The lowest BCUT2D eigenvalue weighted by Crippen LogP contribution is -2.16. The fraction of sp³-hybridized carbons (Fsp3) is 0.294. The van der Waals surface area contributed by atoms with Crippen molar-refractivity contribution in [1.29, 1.82) is 0 Å². The molecular formula is C34H30F8N2. The minimum atomic E-state index is -2.24. The highest BCUT2D eigenvalue weighted by Gasteiger charge is 2.37. The Kier molecular flexibility index (Phi) is 7.93. The van der Waals surface area contributed by atoms with Gasteiger partial charge in [-0.2, -0.15) is 0 Å². The second kappa shape index (κ2) is 11.1. The SMILES string of the molecule is CCC(C)c1ccc2c(c1)C(C)(C)c1cc(Nc3c(F)c(F)c(-c4c(F)c(F)c(NC(C)C)c(F)c4F)c(F)c3F)ccc1-2. The molecule has 0 aromatic heterocycles. The highest BCUT2D eigenvalue weighted by molar-refractivity contribution is 5.83. The number of anilines is 3. The lowest BCUT2D eigenvalue weighted by Gasteiger charge is -2.23. The third-order valence-corrected chi connectivity index (χ3v) is 8.36. The van der Waals surface area contributed by atoms with Crippen molar-refractivity contribution in [2.24, 2.45) is 0 Å². The van der Waals surface area contributed by atoms with Crippen LogP contribution in [-0.4, -0.2) is 6.04 Å². The topological polar surface area (TPSA) is 24.1 Å². The molecule has 0 saturated heterocycles. The van der Waals surface area contributed by atoms with Crippen LogP contribution in [0.15, 0.2) is 36.4 Å². The lowest BCUT2D eigenvalue weighted by molar-refractivity contribution is 0.446. The standard InChI is InChI=1S/C34H30F8N2/c1-7-15(4)16-8-10-18-19-11-9-17(13-21(19)34(5,6)20(18)12-16)44-33-30(41)26(37)23(27(38)31(33)42)22-24(35)28(39)32(43-14(2)3)29(40)25(22)36/h8-15,43-44H,7H2,1-6H3. The van der Waals surface area contributed by atoms with E-state index in [1.807, 2.05) is 19.9 Å². The molecule has 0 heterocycles. The summed E-state index contributed by atoms with van der Waals surface area (Å²) in [5.74, 6) is -16.7. The highest BCUT2D eigenvalue weighted by atomic mass is 19.2. The van der Waals surface area contributed by atoms with E-state index in [2.05, 4.69) is 36.6 Å². The van der Waals surface area contributed by atoms with Gasteiger partial charge in [-0.05, 0) is 66.1 Å². The number of benzene rings is 4. The molecule has 44 heavy (non-hydrogen) atoms. The molecule has 4 aromatic rings. The number of hydrogen-bond acceptors (Lipinski definition) is 2. The van der Waals surface area contributed by atoms with Gasteiger partial charge in [0.1, 0.15) is 11.4 Å². The zero-order valence-corrected chi connectivity index (χ0v) is 24.8. The molecule has 232 valence electrons. The maximum absolute atomic E-state index is 15.3. The summed E-state index contributed by atoms with van der Waals surface area (Å²) < 4.78 is 120. The van der Waals surface area contributed by atoms with Gasteiger partial charge < -0.3 is 10.6 Å². The molecule has 1 atom stereocenters. The second-order valence-corrected chi connectivity index (χ2v) is 11.9. The average Bonchev–Trinajstić information content (AvgIpc) is 3.22. The van der Waals surface area contributed by atoms with Crippen LogP contribution in [-0.2, 0) is 5.41 Å². The van der Waals surface area contributed by atoms with Crippen molar-refractivity contribution in [1.82, 2.24) is 0 Å². The largest absolute Gasteiger partial charge is 0.378 e. The van der Waals surface area contributed by atoms with E-state index in [0.717, 1.165) is 28.7 Å². The molecule has 1 aliphatic rings. The lowest BCUT2D eigenvalue weighted by atomic mass is 9.81. The van der Waals surface area contributed by atoms with Crippen molar-refractivity contribution >= 4 is 17.1 Å². The van der Waals surface area contributed by atoms with Gasteiger partial charge >= 0.3 is 0 Å². The van der Waals surface area contributed by atoms with Crippen LogP contribution in [0.25, 0.3) is 22.3 Å². The van der Waals surface area contributed by atoms with Crippen molar-refractivity contribution in [2.75, 3.05) is 10.6 Å². The van der Waals surface area contributed by atoms with Crippen molar-refractivity contribution in [3.8, 4) is 22.3 Å². The summed E-state index contributed by atoms with van der Waals surface area (Å²) in [4.78, 5) is 0. The summed E-state index contributed by atoms with van der Waals surface area (Å²) in [5, 5.41) is 4.49. The van der Waals surface area contributed by atoms with Crippen molar-refractivity contribution in [3.05, 3.63) is 99.6 Å². The molecule has 0 radical (unpaired) electrons. The number of nitrogens with one attached hydrogen (secondary N) is 2. The molecular weight excluding hydrogens is 588 g/mol. The Morgan fingerprint density at radius 2 is 1.07 bits per heavy atom. The van der Waals surface area contributed by atoms with Gasteiger partial charge in [0, 0.05) is 17.1 Å².